The lowest BCUT2D eigenvalue weighted by molar-refractivity contribution is -0.147. The Morgan fingerprint density at radius 3 is 3.06 bits per heavy atom. The Hall–Kier alpha value is -1.70. The zero-order valence-corrected chi connectivity index (χ0v) is 9.42. The summed E-state index contributed by atoms with van der Waals surface area (Å²) in [6, 6.07) is -0.643. The minimum absolute atomic E-state index is 0.0448. The van der Waals surface area contributed by atoms with Crippen LogP contribution in [0.2, 0.25) is 0 Å². The summed E-state index contributed by atoms with van der Waals surface area (Å²) in [6.45, 7) is -0.0448. The van der Waals surface area contributed by atoms with E-state index in [2.05, 4.69) is 10.0 Å². The van der Waals surface area contributed by atoms with Crippen molar-refractivity contribution < 1.29 is 14.7 Å². The summed E-state index contributed by atoms with van der Waals surface area (Å²) >= 11 is 1.38. The molecule has 0 aromatic carbocycles. The van der Waals surface area contributed by atoms with Crippen LogP contribution < -0.4 is 5.73 Å². The van der Waals surface area contributed by atoms with Crippen molar-refractivity contribution in [2.24, 2.45) is 10.8 Å². The van der Waals surface area contributed by atoms with Crippen LogP contribution >= 0.6 is 11.8 Å². The van der Waals surface area contributed by atoms with Crippen LogP contribution in [0.1, 0.15) is 0 Å². The van der Waals surface area contributed by atoms with Crippen LogP contribution in [-0.4, -0.2) is 45.6 Å². The largest absolute Gasteiger partial charge is 0.477 e. The molecular formula is C8H9N5O3S. The van der Waals surface area contributed by atoms with Crippen LogP contribution in [-0.2, 0) is 9.59 Å². The molecular weight excluding hydrogens is 246 g/mol. The lowest BCUT2D eigenvalue weighted by atomic mass is 10.0. The summed E-state index contributed by atoms with van der Waals surface area (Å²) in [5, 5.41) is 12.1. The third kappa shape index (κ3) is 1.74. The predicted molar refractivity (Wildman–Crippen MR) is 59.7 cm³/mol. The second kappa shape index (κ2) is 4.28. The first-order valence-electron chi connectivity index (χ1n) is 4.74. The molecule has 3 N–H and O–H groups in total. The number of hydrogen-bond donors (Lipinski definition) is 2. The number of nitrogens with zero attached hydrogens (tertiary/aromatic N) is 4. The van der Waals surface area contributed by atoms with Gasteiger partial charge in [-0.2, -0.15) is 0 Å². The number of carbonyl (C=O) groups excluding carboxylic acids is 1. The van der Waals surface area contributed by atoms with Crippen LogP contribution in [0.25, 0.3) is 10.4 Å². The van der Waals surface area contributed by atoms with Gasteiger partial charge in [-0.05, 0) is 11.1 Å². The molecule has 9 heteroatoms. The van der Waals surface area contributed by atoms with Crippen LogP contribution in [0.4, 0.5) is 0 Å². The number of thioether (sulfide) groups is 1. The van der Waals surface area contributed by atoms with Gasteiger partial charge in [0, 0.05) is 10.7 Å². The van der Waals surface area contributed by atoms with Crippen LogP contribution in [0.5, 0.6) is 0 Å². The van der Waals surface area contributed by atoms with E-state index in [0.717, 1.165) is 0 Å². The van der Waals surface area contributed by atoms with E-state index >= 15 is 0 Å². The first-order chi connectivity index (χ1) is 8.07. The highest BCUT2D eigenvalue weighted by atomic mass is 32.2. The van der Waals surface area contributed by atoms with E-state index < -0.39 is 17.9 Å². The average Bonchev–Trinajstić information content (AvgIpc) is 2.33. The molecule has 0 bridgehead atoms. The summed E-state index contributed by atoms with van der Waals surface area (Å²) in [7, 11) is 0. The first kappa shape index (κ1) is 11.8. The maximum Gasteiger partial charge on any atom is 0.352 e. The van der Waals surface area contributed by atoms with Crippen molar-refractivity contribution in [3.05, 3.63) is 21.7 Å². The SMILES string of the molecule is [N-]=[N+]=NCC1=C(C(=O)O)N2C(=O)[C@@H](N)[C@H]2SC1. The molecule has 0 spiro atoms. The van der Waals surface area contributed by atoms with Gasteiger partial charge in [0.2, 0.25) is 5.91 Å². The van der Waals surface area contributed by atoms with Crippen molar-refractivity contribution in [1.82, 2.24) is 4.90 Å². The van der Waals surface area contributed by atoms with E-state index in [0.29, 0.717) is 11.3 Å². The standard InChI is InChI=1S/C8H9N5O3S/c9-4-6(14)13-5(8(15)16)3(1-11-12-10)2-17-7(4)13/h4,7H,1-2,9H2,(H,15,16)/t4-,7-/m1/s1. The quantitative estimate of drug-likeness (QED) is 0.314. The van der Waals surface area contributed by atoms with E-state index in [-0.39, 0.29) is 17.6 Å². The molecule has 0 aromatic rings. The van der Waals surface area contributed by atoms with Crippen molar-refractivity contribution in [2.45, 2.75) is 11.4 Å². The molecule has 1 saturated heterocycles. The zero-order chi connectivity index (χ0) is 12.6. The van der Waals surface area contributed by atoms with Crippen molar-refractivity contribution in [3.8, 4) is 0 Å². The molecule has 8 nitrogen and oxygen atoms in total. The van der Waals surface area contributed by atoms with Gasteiger partial charge in [-0.3, -0.25) is 9.69 Å². The topological polar surface area (TPSA) is 132 Å². The molecule has 0 aromatic heterocycles. The van der Waals surface area contributed by atoms with E-state index in [1.807, 2.05) is 0 Å². The highest BCUT2D eigenvalue weighted by Crippen LogP contribution is 2.39. The fourth-order valence-electron chi connectivity index (χ4n) is 1.82. The Morgan fingerprint density at radius 1 is 1.76 bits per heavy atom. The number of β-lactam (4-membered cyclic amide) rings is 1. The van der Waals surface area contributed by atoms with Gasteiger partial charge in [-0.25, -0.2) is 4.79 Å². The molecule has 2 aliphatic heterocycles. The van der Waals surface area contributed by atoms with Crippen LogP contribution in [0.3, 0.4) is 0 Å². The Kier molecular flexibility index (Phi) is 2.97. The minimum atomic E-state index is -1.20. The molecule has 0 saturated carbocycles. The van der Waals surface area contributed by atoms with Gasteiger partial charge in [0.25, 0.3) is 0 Å². The smallest absolute Gasteiger partial charge is 0.352 e. The Bertz CT molecular complexity index is 470. The lowest BCUT2D eigenvalue weighted by Crippen LogP contribution is -2.68. The Labute approximate surface area is 100 Å². The summed E-state index contributed by atoms with van der Waals surface area (Å²) in [6.07, 6.45) is 0. The van der Waals surface area contributed by atoms with Crippen LogP contribution in [0.15, 0.2) is 16.4 Å². The molecule has 17 heavy (non-hydrogen) atoms. The number of aliphatic carboxylic acids is 1. The average molecular weight is 255 g/mol. The number of nitrogens with two attached hydrogens (primary N) is 1. The molecule has 2 aliphatic rings. The molecule has 0 unspecified atom stereocenters. The van der Waals surface area contributed by atoms with E-state index in [1.165, 1.54) is 16.7 Å². The number of amides is 1. The second-order valence-corrected chi connectivity index (χ2v) is 4.69. The summed E-state index contributed by atoms with van der Waals surface area (Å²) in [4.78, 5) is 26.4. The van der Waals surface area contributed by atoms with Crippen molar-refractivity contribution >= 4 is 23.6 Å². The number of carboxylic acid groups (broad SMARTS) is 1. The molecule has 1 fully saturated rings. The van der Waals surface area contributed by atoms with Gasteiger partial charge in [-0.15, -0.1) is 11.8 Å². The van der Waals surface area contributed by atoms with E-state index in [1.54, 1.807) is 0 Å². The van der Waals surface area contributed by atoms with Crippen molar-refractivity contribution in [2.75, 3.05) is 12.3 Å². The van der Waals surface area contributed by atoms with Crippen molar-refractivity contribution in [3.63, 3.8) is 0 Å². The number of carboxylic acids is 1. The Balaban J connectivity index is 2.36. The third-order valence-electron chi connectivity index (χ3n) is 2.62. The van der Waals surface area contributed by atoms with Crippen molar-refractivity contribution in [1.29, 1.82) is 0 Å². The number of azide groups is 1. The molecule has 2 rings (SSSR count). The van der Waals surface area contributed by atoms with Gasteiger partial charge < -0.3 is 10.8 Å². The summed E-state index contributed by atoms with van der Waals surface area (Å²) < 4.78 is 0. The zero-order valence-electron chi connectivity index (χ0n) is 8.61. The van der Waals surface area contributed by atoms with E-state index in [4.69, 9.17) is 16.4 Å². The maximum absolute atomic E-state index is 11.5. The third-order valence-corrected chi connectivity index (χ3v) is 3.98. The highest BCUT2D eigenvalue weighted by Gasteiger charge is 2.51. The predicted octanol–water partition coefficient (Wildman–Crippen LogP) is -0.122. The second-order valence-electron chi connectivity index (χ2n) is 3.58. The lowest BCUT2D eigenvalue weighted by Gasteiger charge is -2.47. The monoisotopic (exact) mass is 255 g/mol. The van der Waals surface area contributed by atoms with Gasteiger partial charge >= 0.3 is 5.97 Å². The molecule has 0 aliphatic carbocycles. The molecule has 0 radical (unpaired) electrons. The molecule has 2 atom stereocenters. The number of rotatable bonds is 3. The van der Waals surface area contributed by atoms with Gasteiger partial charge in [0.1, 0.15) is 17.1 Å². The molecule has 1 amide bonds. The summed E-state index contributed by atoms with van der Waals surface area (Å²) in [5.41, 5.74) is 14.2. The fourth-order valence-corrected chi connectivity index (χ4v) is 3.10. The molecule has 90 valence electrons. The minimum Gasteiger partial charge on any atom is -0.477 e. The number of hydrogen-bond acceptors (Lipinski definition) is 5. The Morgan fingerprint density at radius 2 is 2.47 bits per heavy atom. The van der Waals surface area contributed by atoms with Gasteiger partial charge in [-0.1, -0.05) is 5.11 Å². The maximum atomic E-state index is 11.5. The first-order valence-corrected chi connectivity index (χ1v) is 5.79. The normalized spacial score (nSPS) is 27.1. The fraction of sp³-hybridized carbons (Fsp3) is 0.500. The summed E-state index contributed by atoms with van der Waals surface area (Å²) in [5.74, 6) is -1.19. The number of fused-ring (bicyclic) bond motifs is 1. The van der Waals surface area contributed by atoms with Gasteiger partial charge in [0.05, 0.1) is 6.54 Å². The van der Waals surface area contributed by atoms with Crippen LogP contribution in [0, 0.1) is 0 Å². The number of carbonyl (C=O) groups is 2. The van der Waals surface area contributed by atoms with E-state index in [9.17, 15) is 9.59 Å². The highest BCUT2D eigenvalue weighted by molar-refractivity contribution is 8.00. The van der Waals surface area contributed by atoms with Gasteiger partial charge in [0.15, 0.2) is 0 Å². The molecule has 2 heterocycles.